The number of carbonyl (C=O) groups excluding carboxylic acids is 1. The predicted octanol–water partition coefficient (Wildman–Crippen LogP) is 4.36. The summed E-state index contributed by atoms with van der Waals surface area (Å²) in [6.07, 6.45) is 2.51. The van der Waals surface area contributed by atoms with Crippen molar-refractivity contribution in [1.82, 2.24) is 15.1 Å². The summed E-state index contributed by atoms with van der Waals surface area (Å²) in [5.74, 6) is -0.0988. The Labute approximate surface area is 147 Å². The molecular weight excluding hydrogens is 353 g/mol. The van der Waals surface area contributed by atoms with Crippen LogP contribution in [0.5, 0.6) is 0 Å². The summed E-state index contributed by atoms with van der Waals surface area (Å²) in [7, 11) is 0. The molecule has 8 heteroatoms. The summed E-state index contributed by atoms with van der Waals surface area (Å²) in [6, 6.07) is 8.28. The topological polar surface area (TPSA) is 78.1 Å². The maximum absolute atomic E-state index is 12.2. The maximum Gasteiger partial charge on any atom is 0.340 e. The van der Waals surface area contributed by atoms with E-state index in [1.54, 1.807) is 43.6 Å². The van der Waals surface area contributed by atoms with E-state index in [2.05, 4.69) is 15.1 Å². The van der Waals surface area contributed by atoms with E-state index in [1.165, 1.54) is 6.07 Å². The van der Waals surface area contributed by atoms with Crippen LogP contribution < -0.4 is 0 Å². The van der Waals surface area contributed by atoms with Crippen LogP contribution in [0.15, 0.2) is 47.2 Å². The van der Waals surface area contributed by atoms with Crippen LogP contribution in [-0.4, -0.2) is 21.1 Å². The third-order valence-electron chi connectivity index (χ3n) is 3.16. The predicted molar refractivity (Wildman–Crippen MR) is 87.8 cm³/mol. The van der Waals surface area contributed by atoms with Crippen molar-refractivity contribution in [3.05, 3.63) is 64.2 Å². The fraction of sp³-hybridized carbons (Fsp3) is 0.125. The number of halogens is 2. The first-order chi connectivity index (χ1) is 11.6. The Morgan fingerprint density at radius 2 is 2.08 bits per heavy atom. The van der Waals surface area contributed by atoms with Gasteiger partial charge in [0.1, 0.15) is 0 Å². The second kappa shape index (κ2) is 6.98. The van der Waals surface area contributed by atoms with Crippen molar-refractivity contribution in [2.45, 2.75) is 13.0 Å². The molecule has 3 aromatic rings. The zero-order chi connectivity index (χ0) is 17.1. The molecule has 0 saturated carbocycles. The van der Waals surface area contributed by atoms with E-state index in [-0.39, 0.29) is 21.5 Å². The van der Waals surface area contributed by atoms with Crippen LogP contribution in [0.1, 0.15) is 29.3 Å². The lowest BCUT2D eigenvalue weighted by Crippen LogP contribution is -2.10. The summed E-state index contributed by atoms with van der Waals surface area (Å²) < 4.78 is 10.5. The number of carbonyl (C=O) groups is 1. The van der Waals surface area contributed by atoms with Gasteiger partial charge in [-0.2, -0.15) is 4.98 Å². The maximum atomic E-state index is 12.2. The zero-order valence-corrected chi connectivity index (χ0v) is 14.0. The van der Waals surface area contributed by atoms with Crippen LogP contribution in [-0.2, 0) is 4.74 Å². The van der Waals surface area contributed by atoms with E-state index < -0.39 is 12.1 Å². The van der Waals surface area contributed by atoms with Gasteiger partial charge in [0.25, 0.3) is 5.89 Å². The van der Waals surface area contributed by atoms with Gasteiger partial charge in [-0.1, -0.05) is 34.4 Å². The average molecular weight is 364 g/mol. The molecule has 6 nitrogen and oxygen atoms in total. The van der Waals surface area contributed by atoms with Gasteiger partial charge in [0, 0.05) is 18.0 Å². The fourth-order valence-electron chi connectivity index (χ4n) is 1.95. The second-order valence-electron chi connectivity index (χ2n) is 4.85. The molecule has 0 radical (unpaired) electrons. The first kappa shape index (κ1) is 16.4. The number of esters is 1. The van der Waals surface area contributed by atoms with Gasteiger partial charge in [0.2, 0.25) is 5.82 Å². The third kappa shape index (κ3) is 3.39. The molecule has 0 bridgehead atoms. The Morgan fingerprint density at radius 3 is 2.83 bits per heavy atom. The van der Waals surface area contributed by atoms with Crippen LogP contribution >= 0.6 is 23.2 Å². The number of nitrogens with zero attached hydrogens (tertiary/aromatic N) is 3. The standard InChI is InChI=1S/C16H11Cl2N3O3/c1-9(23-16(22)11-5-2-6-12(17)13(11)18)15-20-14(21-24-15)10-4-3-7-19-8-10/h2-9H,1H3. The molecule has 0 N–H and O–H groups in total. The van der Waals surface area contributed by atoms with Crippen molar-refractivity contribution in [1.29, 1.82) is 0 Å². The molecule has 2 aromatic heterocycles. The van der Waals surface area contributed by atoms with Gasteiger partial charge in [-0.15, -0.1) is 0 Å². The summed E-state index contributed by atoms with van der Waals surface area (Å²) in [4.78, 5) is 20.4. The number of hydrogen-bond donors (Lipinski definition) is 0. The third-order valence-corrected chi connectivity index (χ3v) is 3.98. The molecule has 3 rings (SSSR count). The highest BCUT2D eigenvalue weighted by Crippen LogP contribution is 2.28. The lowest BCUT2D eigenvalue weighted by Gasteiger charge is -2.10. The molecule has 1 aromatic carbocycles. The zero-order valence-electron chi connectivity index (χ0n) is 12.4. The van der Waals surface area contributed by atoms with Gasteiger partial charge in [0.05, 0.1) is 15.6 Å². The Morgan fingerprint density at radius 1 is 1.25 bits per heavy atom. The van der Waals surface area contributed by atoms with Crippen molar-refractivity contribution >= 4 is 29.2 Å². The molecule has 1 atom stereocenters. The van der Waals surface area contributed by atoms with Crippen LogP contribution in [0.3, 0.4) is 0 Å². The van der Waals surface area contributed by atoms with Crippen LogP contribution in [0, 0.1) is 0 Å². The minimum Gasteiger partial charge on any atom is -0.449 e. The average Bonchev–Trinajstić information content (AvgIpc) is 3.08. The Balaban J connectivity index is 1.76. The molecular formula is C16H11Cl2N3O3. The number of ether oxygens (including phenoxy) is 1. The first-order valence-electron chi connectivity index (χ1n) is 6.95. The molecule has 24 heavy (non-hydrogen) atoms. The molecule has 0 aliphatic carbocycles. The summed E-state index contributed by atoms with van der Waals surface area (Å²) in [5.41, 5.74) is 0.868. The quantitative estimate of drug-likeness (QED) is 0.640. The van der Waals surface area contributed by atoms with Crippen LogP contribution in [0.2, 0.25) is 10.0 Å². The Bertz CT molecular complexity index is 868. The minimum absolute atomic E-state index is 0.137. The van der Waals surface area contributed by atoms with Crippen molar-refractivity contribution < 1.29 is 14.1 Å². The lowest BCUT2D eigenvalue weighted by atomic mass is 10.2. The fourth-order valence-corrected chi connectivity index (χ4v) is 2.33. The Kier molecular flexibility index (Phi) is 4.78. The second-order valence-corrected chi connectivity index (χ2v) is 5.63. The first-order valence-corrected chi connectivity index (χ1v) is 7.71. The molecule has 0 amide bonds. The largest absolute Gasteiger partial charge is 0.449 e. The lowest BCUT2D eigenvalue weighted by molar-refractivity contribution is 0.0265. The van der Waals surface area contributed by atoms with Gasteiger partial charge in [-0.3, -0.25) is 4.98 Å². The van der Waals surface area contributed by atoms with Gasteiger partial charge in [-0.25, -0.2) is 4.79 Å². The summed E-state index contributed by atoms with van der Waals surface area (Å²) >= 11 is 11.9. The molecule has 2 heterocycles. The highest BCUT2D eigenvalue weighted by atomic mass is 35.5. The van der Waals surface area contributed by atoms with E-state index in [4.69, 9.17) is 32.5 Å². The Hall–Kier alpha value is -2.44. The number of rotatable bonds is 4. The van der Waals surface area contributed by atoms with Crippen molar-refractivity contribution in [2.24, 2.45) is 0 Å². The smallest absolute Gasteiger partial charge is 0.340 e. The van der Waals surface area contributed by atoms with Crippen molar-refractivity contribution in [3.8, 4) is 11.4 Å². The van der Waals surface area contributed by atoms with Gasteiger partial charge in [-0.05, 0) is 31.2 Å². The monoisotopic (exact) mass is 363 g/mol. The normalized spacial score (nSPS) is 12.0. The molecule has 0 fully saturated rings. The van der Waals surface area contributed by atoms with Crippen molar-refractivity contribution in [3.63, 3.8) is 0 Å². The highest BCUT2D eigenvalue weighted by molar-refractivity contribution is 6.43. The number of pyridine rings is 1. The molecule has 1 unspecified atom stereocenters. The van der Waals surface area contributed by atoms with E-state index in [1.807, 2.05) is 0 Å². The summed E-state index contributed by atoms with van der Waals surface area (Å²) in [6.45, 7) is 1.62. The van der Waals surface area contributed by atoms with Crippen LogP contribution in [0.4, 0.5) is 0 Å². The minimum atomic E-state index is -0.745. The summed E-state index contributed by atoms with van der Waals surface area (Å²) in [5, 5.41) is 4.27. The molecule has 0 spiro atoms. The van der Waals surface area contributed by atoms with Gasteiger partial charge >= 0.3 is 5.97 Å². The van der Waals surface area contributed by atoms with E-state index in [0.717, 1.165) is 0 Å². The number of aromatic nitrogens is 3. The molecule has 0 aliphatic heterocycles. The van der Waals surface area contributed by atoms with Crippen LogP contribution in [0.25, 0.3) is 11.4 Å². The number of hydrogen-bond acceptors (Lipinski definition) is 6. The number of benzene rings is 1. The van der Waals surface area contributed by atoms with Crippen molar-refractivity contribution in [2.75, 3.05) is 0 Å². The highest BCUT2D eigenvalue weighted by Gasteiger charge is 2.22. The van der Waals surface area contributed by atoms with E-state index in [0.29, 0.717) is 11.4 Å². The van der Waals surface area contributed by atoms with Gasteiger partial charge in [0.15, 0.2) is 6.10 Å². The van der Waals surface area contributed by atoms with Gasteiger partial charge < -0.3 is 9.26 Å². The SMILES string of the molecule is CC(OC(=O)c1cccc(Cl)c1Cl)c1nc(-c2cccnc2)no1. The van der Waals surface area contributed by atoms with E-state index in [9.17, 15) is 4.79 Å². The molecule has 0 aliphatic rings. The molecule has 0 saturated heterocycles. The van der Waals surface area contributed by atoms with E-state index >= 15 is 0 Å². The molecule has 122 valence electrons.